The van der Waals surface area contributed by atoms with E-state index in [9.17, 15) is 9.50 Å². The highest BCUT2D eigenvalue weighted by molar-refractivity contribution is 7.06. The van der Waals surface area contributed by atoms with Gasteiger partial charge < -0.3 is 5.11 Å². The Balaban J connectivity index is 2.65. The Bertz CT molecular complexity index is 548. The first kappa shape index (κ1) is 13.5. The topological polar surface area (TPSA) is 33.1 Å². The third-order valence-electron chi connectivity index (χ3n) is 2.70. The van der Waals surface area contributed by atoms with Crippen LogP contribution in [0.5, 0.6) is 0 Å². The predicted molar refractivity (Wildman–Crippen MR) is 72.5 cm³/mol. The standard InChI is InChI=1S/C13H13ClFNOS/c1-7(2)13-8(6-17)12(16-18-13)11-9(14)4-3-5-10(11)15/h3-5,7,17H,6H2,1-2H3. The van der Waals surface area contributed by atoms with Crippen LogP contribution in [0.4, 0.5) is 4.39 Å². The fraction of sp³-hybridized carbons (Fsp3) is 0.308. The summed E-state index contributed by atoms with van der Waals surface area (Å²) in [7, 11) is 0. The van der Waals surface area contributed by atoms with Gasteiger partial charge in [0.25, 0.3) is 0 Å². The molecule has 0 spiro atoms. The van der Waals surface area contributed by atoms with Crippen LogP contribution in [0.1, 0.15) is 30.2 Å². The molecule has 0 aliphatic carbocycles. The molecule has 0 saturated heterocycles. The molecule has 2 aromatic rings. The van der Waals surface area contributed by atoms with E-state index in [2.05, 4.69) is 4.37 Å². The lowest BCUT2D eigenvalue weighted by molar-refractivity contribution is 0.281. The van der Waals surface area contributed by atoms with E-state index in [1.807, 2.05) is 13.8 Å². The maximum absolute atomic E-state index is 13.9. The van der Waals surface area contributed by atoms with Crippen LogP contribution in [0.15, 0.2) is 18.2 Å². The van der Waals surface area contributed by atoms with Crippen molar-refractivity contribution in [3.8, 4) is 11.3 Å². The van der Waals surface area contributed by atoms with Gasteiger partial charge in [0.15, 0.2) is 0 Å². The monoisotopic (exact) mass is 285 g/mol. The molecular formula is C13H13ClFNOS. The Morgan fingerprint density at radius 1 is 1.44 bits per heavy atom. The molecular weight excluding hydrogens is 273 g/mol. The summed E-state index contributed by atoms with van der Waals surface area (Å²) in [5.41, 5.74) is 1.39. The third kappa shape index (κ3) is 2.28. The highest BCUT2D eigenvalue weighted by Crippen LogP contribution is 2.37. The molecule has 0 atom stereocenters. The summed E-state index contributed by atoms with van der Waals surface area (Å²) in [6.07, 6.45) is 0. The second kappa shape index (κ2) is 5.34. The van der Waals surface area contributed by atoms with Crippen molar-refractivity contribution < 1.29 is 9.50 Å². The molecule has 96 valence electrons. The molecule has 18 heavy (non-hydrogen) atoms. The van der Waals surface area contributed by atoms with Crippen LogP contribution in [-0.4, -0.2) is 9.48 Å². The first-order chi connectivity index (χ1) is 8.56. The predicted octanol–water partition coefficient (Wildman–Crippen LogP) is 4.22. The molecule has 0 radical (unpaired) electrons. The summed E-state index contributed by atoms with van der Waals surface area (Å²) in [4.78, 5) is 0.965. The van der Waals surface area contributed by atoms with Gasteiger partial charge in [0.2, 0.25) is 0 Å². The van der Waals surface area contributed by atoms with Gasteiger partial charge in [-0.3, -0.25) is 0 Å². The minimum atomic E-state index is -0.419. The number of halogens is 2. The Hall–Kier alpha value is -0.970. The molecule has 5 heteroatoms. The molecule has 0 amide bonds. The number of hydrogen-bond donors (Lipinski definition) is 1. The van der Waals surface area contributed by atoms with Gasteiger partial charge in [-0.2, -0.15) is 4.37 Å². The fourth-order valence-electron chi connectivity index (χ4n) is 1.85. The van der Waals surface area contributed by atoms with Crippen LogP contribution >= 0.6 is 23.1 Å². The number of aliphatic hydroxyl groups is 1. The van der Waals surface area contributed by atoms with Gasteiger partial charge in [0.1, 0.15) is 5.82 Å². The van der Waals surface area contributed by atoms with E-state index in [1.54, 1.807) is 12.1 Å². The fourth-order valence-corrected chi connectivity index (χ4v) is 2.97. The number of rotatable bonds is 3. The van der Waals surface area contributed by atoms with Crippen molar-refractivity contribution in [1.82, 2.24) is 4.37 Å². The smallest absolute Gasteiger partial charge is 0.134 e. The molecule has 2 rings (SSSR count). The molecule has 1 N–H and O–H groups in total. The van der Waals surface area contributed by atoms with Crippen LogP contribution in [0.25, 0.3) is 11.3 Å². The summed E-state index contributed by atoms with van der Waals surface area (Å²) in [6.45, 7) is 3.86. The van der Waals surface area contributed by atoms with E-state index in [1.165, 1.54) is 17.6 Å². The van der Waals surface area contributed by atoms with Gasteiger partial charge in [-0.05, 0) is 29.6 Å². The lowest BCUT2D eigenvalue weighted by Crippen LogP contribution is -1.95. The van der Waals surface area contributed by atoms with E-state index >= 15 is 0 Å². The summed E-state index contributed by atoms with van der Waals surface area (Å²) < 4.78 is 18.1. The summed E-state index contributed by atoms with van der Waals surface area (Å²) in [5, 5.41) is 9.79. The highest BCUT2D eigenvalue weighted by Gasteiger charge is 2.21. The van der Waals surface area contributed by atoms with Gasteiger partial charge in [-0.15, -0.1) is 0 Å². The second-order valence-corrected chi connectivity index (χ2v) is 5.50. The largest absolute Gasteiger partial charge is 0.392 e. The molecule has 1 heterocycles. The lowest BCUT2D eigenvalue weighted by atomic mass is 10.0. The van der Waals surface area contributed by atoms with Crippen molar-refractivity contribution in [1.29, 1.82) is 0 Å². The van der Waals surface area contributed by atoms with Crippen LogP contribution in [0, 0.1) is 5.82 Å². The van der Waals surface area contributed by atoms with E-state index in [-0.39, 0.29) is 18.1 Å². The average molecular weight is 286 g/mol. The minimum absolute atomic E-state index is 0.163. The second-order valence-electron chi connectivity index (χ2n) is 4.28. The van der Waals surface area contributed by atoms with Crippen molar-refractivity contribution in [2.75, 3.05) is 0 Å². The van der Waals surface area contributed by atoms with E-state index < -0.39 is 5.82 Å². The molecule has 0 bridgehead atoms. The molecule has 0 fully saturated rings. The van der Waals surface area contributed by atoms with Gasteiger partial charge >= 0.3 is 0 Å². The maximum atomic E-state index is 13.9. The third-order valence-corrected chi connectivity index (χ3v) is 4.20. The van der Waals surface area contributed by atoms with Crippen molar-refractivity contribution >= 4 is 23.1 Å². The number of benzene rings is 1. The Morgan fingerprint density at radius 3 is 2.72 bits per heavy atom. The Labute approximate surface area is 114 Å². The van der Waals surface area contributed by atoms with Crippen molar-refractivity contribution in [3.05, 3.63) is 39.5 Å². The zero-order chi connectivity index (χ0) is 13.3. The van der Waals surface area contributed by atoms with Crippen molar-refractivity contribution in [2.24, 2.45) is 0 Å². The SMILES string of the molecule is CC(C)c1snc(-c2c(F)cccc2Cl)c1CO. The van der Waals surface area contributed by atoms with E-state index in [4.69, 9.17) is 11.6 Å². The number of hydrogen-bond acceptors (Lipinski definition) is 3. The first-order valence-electron chi connectivity index (χ1n) is 5.60. The van der Waals surface area contributed by atoms with Crippen LogP contribution in [-0.2, 0) is 6.61 Å². The van der Waals surface area contributed by atoms with Crippen LogP contribution < -0.4 is 0 Å². The van der Waals surface area contributed by atoms with Gasteiger partial charge in [-0.25, -0.2) is 4.39 Å². The Morgan fingerprint density at radius 2 is 2.17 bits per heavy atom. The number of aliphatic hydroxyl groups excluding tert-OH is 1. The minimum Gasteiger partial charge on any atom is -0.392 e. The van der Waals surface area contributed by atoms with Crippen molar-refractivity contribution in [3.63, 3.8) is 0 Å². The van der Waals surface area contributed by atoms with E-state index in [0.717, 1.165) is 4.88 Å². The normalized spacial score (nSPS) is 11.2. The van der Waals surface area contributed by atoms with Crippen LogP contribution in [0.3, 0.4) is 0 Å². The lowest BCUT2D eigenvalue weighted by Gasteiger charge is -2.07. The van der Waals surface area contributed by atoms with Gasteiger partial charge in [0, 0.05) is 10.4 Å². The molecule has 1 aromatic carbocycles. The zero-order valence-corrected chi connectivity index (χ0v) is 11.6. The summed E-state index contributed by atoms with van der Waals surface area (Å²) in [5.74, 6) is -0.179. The maximum Gasteiger partial charge on any atom is 0.134 e. The number of nitrogens with zero attached hydrogens (tertiary/aromatic N) is 1. The summed E-state index contributed by atoms with van der Waals surface area (Å²) >= 11 is 7.31. The van der Waals surface area contributed by atoms with E-state index in [0.29, 0.717) is 16.3 Å². The van der Waals surface area contributed by atoms with Crippen LogP contribution in [0.2, 0.25) is 5.02 Å². The van der Waals surface area contributed by atoms with Gasteiger partial charge in [0.05, 0.1) is 22.9 Å². The molecule has 1 aromatic heterocycles. The number of aromatic nitrogens is 1. The molecule has 0 aliphatic rings. The molecule has 2 nitrogen and oxygen atoms in total. The Kier molecular flexibility index (Phi) is 4.00. The zero-order valence-electron chi connectivity index (χ0n) is 10.1. The molecule has 0 aliphatic heterocycles. The quantitative estimate of drug-likeness (QED) is 0.916. The van der Waals surface area contributed by atoms with Gasteiger partial charge in [-0.1, -0.05) is 31.5 Å². The first-order valence-corrected chi connectivity index (χ1v) is 6.75. The molecule has 0 unspecified atom stereocenters. The summed E-state index contributed by atoms with van der Waals surface area (Å²) in [6, 6.07) is 4.52. The molecule has 0 saturated carbocycles. The highest BCUT2D eigenvalue weighted by atomic mass is 35.5. The van der Waals surface area contributed by atoms with Crippen molar-refractivity contribution in [2.45, 2.75) is 26.4 Å². The average Bonchev–Trinajstić information content (AvgIpc) is 2.72.